The van der Waals surface area contributed by atoms with Crippen LogP contribution >= 0.6 is 0 Å². The Balaban J connectivity index is 2.54. The lowest BCUT2D eigenvalue weighted by Gasteiger charge is -2.06. The van der Waals surface area contributed by atoms with Crippen LogP contribution < -0.4 is 4.74 Å². The summed E-state index contributed by atoms with van der Waals surface area (Å²) in [6.45, 7) is 0. The van der Waals surface area contributed by atoms with Crippen molar-refractivity contribution in [3.63, 3.8) is 0 Å². The fraction of sp³-hybridized carbons (Fsp3) is 0.154. The zero-order chi connectivity index (χ0) is 12.4. The highest BCUT2D eigenvalue weighted by molar-refractivity contribution is 5.87. The number of carbonyl (C=O) groups is 1. The number of ether oxygens (including phenoxy) is 1. The second-order valence-electron chi connectivity index (χ2n) is 3.76. The van der Waals surface area contributed by atoms with Crippen molar-refractivity contribution in [2.24, 2.45) is 0 Å². The number of aliphatic carboxylic acids is 1. The Morgan fingerprint density at radius 3 is 2.65 bits per heavy atom. The number of aromatic hydroxyl groups is 1. The maximum Gasteiger partial charge on any atom is 0.307 e. The van der Waals surface area contributed by atoms with Crippen molar-refractivity contribution in [1.29, 1.82) is 0 Å². The lowest BCUT2D eigenvalue weighted by molar-refractivity contribution is -0.136. The quantitative estimate of drug-likeness (QED) is 0.851. The lowest BCUT2D eigenvalue weighted by Crippen LogP contribution is -2.00. The van der Waals surface area contributed by atoms with Gasteiger partial charge in [-0.1, -0.05) is 6.07 Å². The number of methoxy groups -OCH3 is 1. The Kier molecular flexibility index (Phi) is 2.87. The van der Waals surface area contributed by atoms with E-state index in [4.69, 9.17) is 9.84 Å². The van der Waals surface area contributed by atoms with Crippen LogP contribution in [0.2, 0.25) is 0 Å². The first-order chi connectivity index (χ1) is 8.10. The van der Waals surface area contributed by atoms with Gasteiger partial charge in [-0.3, -0.25) is 4.79 Å². The molecule has 0 atom stereocenters. The molecule has 17 heavy (non-hydrogen) atoms. The molecule has 2 aromatic rings. The molecule has 0 aliphatic heterocycles. The third-order valence-corrected chi connectivity index (χ3v) is 2.59. The van der Waals surface area contributed by atoms with Crippen molar-refractivity contribution in [2.75, 3.05) is 7.11 Å². The van der Waals surface area contributed by atoms with Gasteiger partial charge in [0.25, 0.3) is 0 Å². The number of phenols is 1. The molecule has 0 aromatic heterocycles. The normalized spacial score (nSPS) is 10.4. The molecule has 4 nitrogen and oxygen atoms in total. The van der Waals surface area contributed by atoms with Crippen LogP contribution in [0.25, 0.3) is 10.8 Å². The van der Waals surface area contributed by atoms with E-state index in [1.54, 1.807) is 31.4 Å². The van der Waals surface area contributed by atoms with Crippen molar-refractivity contribution in [3.8, 4) is 11.5 Å². The molecule has 0 bridgehead atoms. The summed E-state index contributed by atoms with van der Waals surface area (Å²) in [7, 11) is 1.57. The van der Waals surface area contributed by atoms with Gasteiger partial charge in [0.05, 0.1) is 13.5 Å². The summed E-state index contributed by atoms with van der Waals surface area (Å²) in [5, 5.41) is 20.1. The Hall–Kier alpha value is -2.23. The molecule has 0 amide bonds. The number of fused-ring (bicyclic) bond motifs is 1. The predicted molar refractivity (Wildman–Crippen MR) is 63.5 cm³/mol. The number of rotatable bonds is 3. The van der Waals surface area contributed by atoms with E-state index in [0.29, 0.717) is 11.3 Å². The molecule has 2 N–H and O–H groups in total. The maximum atomic E-state index is 10.6. The zero-order valence-electron chi connectivity index (χ0n) is 9.30. The monoisotopic (exact) mass is 232 g/mol. The van der Waals surface area contributed by atoms with E-state index in [1.807, 2.05) is 6.07 Å². The molecule has 0 saturated carbocycles. The van der Waals surface area contributed by atoms with Gasteiger partial charge in [-0.25, -0.2) is 0 Å². The molecule has 2 aromatic carbocycles. The molecule has 0 saturated heterocycles. The van der Waals surface area contributed by atoms with Gasteiger partial charge in [0.1, 0.15) is 11.5 Å². The van der Waals surface area contributed by atoms with Crippen LogP contribution in [-0.2, 0) is 11.2 Å². The summed E-state index contributed by atoms with van der Waals surface area (Å²) in [4.78, 5) is 10.6. The van der Waals surface area contributed by atoms with Gasteiger partial charge < -0.3 is 14.9 Å². The number of hydrogen-bond acceptors (Lipinski definition) is 3. The topological polar surface area (TPSA) is 66.8 Å². The van der Waals surface area contributed by atoms with Crippen molar-refractivity contribution in [3.05, 3.63) is 35.9 Å². The second kappa shape index (κ2) is 4.33. The third kappa shape index (κ3) is 2.30. The first-order valence-corrected chi connectivity index (χ1v) is 5.11. The Labute approximate surface area is 98.1 Å². The van der Waals surface area contributed by atoms with Crippen LogP contribution in [0.3, 0.4) is 0 Å². The van der Waals surface area contributed by atoms with Gasteiger partial charge in [-0.05, 0) is 35.0 Å². The van der Waals surface area contributed by atoms with Gasteiger partial charge in [0.2, 0.25) is 0 Å². The summed E-state index contributed by atoms with van der Waals surface area (Å²) in [5.74, 6) is -0.274. The standard InChI is InChI=1S/C13H12O4/c1-17-11-3-2-8-4-10(7-13(15)16)12(14)6-9(8)5-11/h2-6,14H,7H2,1H3,(H,15,16). The molecular weight excluding hydrogens is 220 g/mol. The van der Waals surface area contributed by atoms with Gasteiger partial charge in [-0.15, -0.1) is 0 Å². The van der Waals surface area contributed by atoms with E-state index in [9.17, 15) is 9.90 Å². The summed E-state index contributed by atoms with van der Waals surface area (Å²) in [6, 6.07) is 8.65. The summed E-state index contributed by atoms with van der Waals surface area (Å²) in [5.41, 5.74) is 0.412. The number of benzene rings is 2. The maximum absolute atomic E-state index is 10.6. The zero-order valence-corrected chi connectivity index (χ0v) is 9.30. The highest BCUT2D eigenvalue weighted by atomic mass is 16.5. The average Bonchev–Trinajstić information content (AvgIpc) is 2.29. The van der Waals surface area contributed by atoms with Gasteiger partial charge in [0.15, 0.2) is 0 Å². The molecule has 0 fully saturated rings. The molecule has 2 rings (SSSR count). The Bertz CT molecular complexity index is 575. The van der Waals surface area contributed by atoms with E-state index in [2.05, 4.69) is 0 Å². The van der Waals surface area contributed by atoms with E-state index >= 15 is 0 Å². The lowest BCUT2D eigenvalue weighted by atomic mass is 10.0. The molecular formula is C13H12O4. The van der Waals surface area contributed by atoms with Gasteiger partial charge >= 0.3 is 5.97 Å². The number of hydrogen-bond donors (Lipinski definition) is 2. The van der Waals surface area contributed by atoms with Crippen LogP contribution in [-0.4, -0.2) is 23.3 Å². The summed E-state index contributed by atoms with van der Waals surface area (Å²) < 4.78 is 5.08. The third-order valence-electron chi connectivity index (χ3n) is 2.59. The summed E-state index contributed by atoms with van der Waals surface area (Å²) >= 11 is 0. The minimum absolute atomic E-state index is 0.00634. The molecule has 0 spiro atoms. The van der Waals surface area contributed by atoms with Crippen LogP contribution in [0.15, 0.2) is 30.3 Å². The van der Waals surface area contributed by atoms with Crippen LogP contribution in [0, 0.1) is 0 Å². The van der Waals surface area contributed by atoms with E-state index in [1.165, 1.54) is 0 Å². The molecule has 88 valence electrons. The minimum atomic E-state index is -0.965. The highest BCUT2D eigenvalue weighted by Crippen LogP contribution is 2.28. The predicted octanol–water partition coefficient (Wildman–Crippen LogP) is 2.18. The Morgan fingerprint density at radius 1 is 1.24 bits per heavy atom. The smallest absolute Gasteiger partial charge is 0.307 e. The fourth-order valence-electron chi connectivity index (χ4n) is 1.74. The molecule has 0 aliphatic carbocycles. The minimum Gasteiger partial charge on any atom is -0.508 e. The summed E-state index contributed by atoms with van der Waals surface area (Å²) in [6.07, 6.45) is -0.187. The Morgan fingerprint density at radius 2 is 2.00 bits per heavy atom. The van der Waals surface area contributed by atoms with Crippen molar-refractivity contribution < 1.29 is 19.7 Å². The van der Waals surface area contributed by atoms with Crippen LogP contribution in [0.1, 0.15) is 5.56 Å². The molecule has 0 unspecified atom stereocenters. The molecule has 0 radical (unpaired) electrons. The first kappa shape index (κ1) is 11.3. The average molecular weight is 232 g/mol. The first-order valence-electron chi connectivity index (χ1n) is 5.11. The molecule has 0 aliphatic rings. The van der Waals surface area contributed by atoms with E-state index in [0.717, 1.165) is 10.8 Å². The van der Waals surface area contributed by atoms with E-state index < -0.39 is 5.97 Å². The number of phenolic OH excluding ortho intramolecular Hbond substituents is 1. The van der Waals surface area contributed by atoms with Crippen molar-refractivity contribution >= 4 is 16.7 Å². The fourth-order valence-corrected chi connectivity index (χ4v) is 1.74. The van der Waals surface area contributed by atoms with Crippen LogP contribution in [0.5, 0.6) is 11.5 Å². The van der Waals surface area contributed by atoms with Crippen molar-refractivity contribution in [2.45, 2.75) is 6.42 Å². The number of carboxylic acids is 1. The molecule has 0 heterocycles. The molecule has 4 heteroatoms. The highest BCUT2D eigenvalue weighted by Gasteiger charge is 2.08. The van der Waals surface area contributed by atoms with E-state index in [-0.39, 0.29) is 12.2 Å². The van der Waals surface area contributed by atoms with Crippen molar-refractivity contribution in [1.82, 2.24) is 0 Å². The SMILES string of the molecule is COc1ccc2cc(CC(=O)O)c(O)cc2c1. The van der Waals surface area contributed by atoms with Crippen LogP contribution in [0.4, 0.5) is 0 Å². The second-order valence-corrected chi connectivity index (χ2v) is 3.76. The van der Waals surface area contributed by atoms with Gasteiger partial charge in [-0.2, -0.15) is 0 Å². The number of carboxylic acid groups (broad SMARTS) is 1. The van der Waals surface area contributed by atoms with Gasteiger partial charge in [0, 0.05) is 5.56 Å². The largest absolute Gasteiger partial charge is 0.508 e.